The number of carbonyl (C=O) groups is 2. The molecule has 0 saturated carbocycles. The maximum absolute atomic E-state index is 12.4. The molecule has 0 aromatic carbocycles. The van der Waals surface area contributed by atoms with E-state index in [9.17, 15) is 19.0 Å². The Kier molecular flexibility index (Phi) is 35.6. The van der Waals surface area contributed by atoms with Gasteiger partial charge in [-0.3, -0.25) is 14.2 Å². The van der Waals surface area contributed by atoms with E-state index in [1.165, 1.54) is 70.5 Å². The third-order valence-corrected chi connectivity index (χ3v) is 8.52. The van der Waals surface area contributed by atoms with Crippen molar-refractivity contribution in [2.45, 2.75) is 148 Å². The zero-order chi connectivity index (χ0) is 33.4. The minimum atomic E-state index is -4.63. The largest absolute Gasteiger partial charge is 1.00 e. The fourth-order valence-electron chi connectivity index (χ4n) is 4.58. The molecule has 0 radical (unpaired) electrons. The minimum absolute atomic E-state index is 0. The summed E-state index contributed by atoms with van der Waals surface area (Å²) in [6.45, 7) is 4.48. The van der Waals surface area contributed by atoms with Gasteiger partial charge in [-0.05, 0) is 45.4 Å². The summed E-state index contributed by atoms with van der Waals surface area (Å²) in [6.07, 6.45) is 21.9. The Morgan fingerprint density at radius 3 is 1.85 bits per heavy atom. The summed E-state index contributed by atoms with van der Waals surface area (Å²) in [4.78, 5) is 42.7. The predicted molar refractivity (Wildman–Crippen MR) is 174 cm³/mol. The average Bonchev–Trinajstić information content (AvgIpc) is 3.01. The summed E-state index contributed by atoms with van der Waals surface area (Å²) in [5.74, 6) is -0.931. The predicted octanol–water partition coefficient (Wildman–Crippen LogP) is 4.72. The van der Waals surface area contributed by atoms with Crippen LogP contribution in [0.2, 0.25) is 0 Å². The topological polar surface area (TPSA) is 144 Å². The molecule has 0 fully saturated rings. The molecule has 11 nitrogen and oxygen atoms in total. The van der Waals surface area contributed by atoms with E-state index in [0.29, 0.717) is 13.0 Å². The van der Waals surface area contributed by atoms with Crippen LogP contribution >= 0.6 is 7.82 Å². The van der Waals surface area contributed by atoms with Crippen molar-refractivity contribution in [2.24, 2.45) is 0 Å². The summed E-state index contributed by atoms with van der Waals surface area (Å²) in [7, 11) is -2.79. The van der Waals surface area contributed by atoms with Crippen LogP contribution in [0.25, 0.3) is 0 Å². The molecule has 0 aromatic heterocycles. The monoisotopic (exact) mass is 687 g/mol. The quantitative estimate of drug-likeness (QED) is 0.0195. The van der Waals surface area contributed by atoms with Gasteiger partial charge < -0.3 is 33.2 Å². The van der Waals surface area contributed by atoms with E-state index in [1.807, 2.05) is 18.9 Å². The summed E-state index contributed by atoms with van der Waals surface area (Å²) in [5.41, 5.74) is 0. The first-order valence-corrected chi connectivity index (χ1v) is 18.8. The molecular weight excluding hydrogens is 624 g/mol. The first-order valence-electron chi connectivity index (χ1n) is 17.3. The van der Waals surface area contributed by atoms with E-state index in [1.54, 1.807) is 6.08 Å². The van der Waals surface area contributed by atoms with Crippen molar-refractivity contribution in [3.63, 3.8) is 0 Å². The maximum Gasteiger partial charge on any atom is 1.00 e. The molecule has 0 aliphatic heterocycles. The summed E-state index contributed by atoms with van der Waals surface area (Å²) in [5, 5.41) is 8.26. The van der Waals surface area contributed by atoms with Crippen LogP contribution in [0.4, 0.5) is 0 Å². The van der Waals surface area contributed by atoms with E-state index in [0.717, 1.165) is 51.5 Å². The van der Waals surface area contributed by atoms with Crippen molar-refractivity contribution < 1.29 is 77.3 Å². The number of esters is 2. The smallest absolute Gasteiger partial charge is 0.756 e. The van der Waals surface area contributed by atoms with Gasteiger partial charge in [0.25, 0.3) is 7.82 Å². The molecular formula is C33H63NNaO10P. The van der Waals surface area contributed by atoms with Crippen LogP contribution < -0.4 is 34.5 Å². The number of unbranched alkanes of at least 4 members (excludes halogenated alkanes) is 16. The van der Waals surface area contributed by atoms with Crippen LogP contribution in [0.1, 0.15) is 142 Å². The maximum atomic E-state index is 12.4. The first kappa shape index (κ1) is 47.6. The number of phosphoric acid groups is 1. The van der Waals surface area contributed by atoms with Gasteiger partial charge in [0, 0.05) is 19.4 Å². The first-order chi connectivity index (χ1) is 21.7. The Morgan fingerprint density at radius 1 is 0.783 bits per heavy atom. The number of carbonyl (C=O) groups excluding carboxylic acids is 2. The zero-order valence-electron chi connectivity index (χ0n) is 29.4. The van der Waals surface area contributed by atoms with Crippen molar-refractivity contribution >= 4 is 19.8 Å². The summed E-state index contributed by atoms with van der Waals surface area (Å²) < 4.78 is 32.8. The molecule has 13 heteroatoms. The van der Waals surface area contributed by atoms with Crippen LogP contribution in [0.3, 0.4) is 0 Å². The van der Waals surface area contributed by atoms with Crippen LogP contribution in [-0.2, 0) is 37.6 Å². The van der Waals surface area contributed by atoms with Crippen LogP contribution in [0.15, 0.2) is 12.3 Å². The second-order valence-electron chi connectivity index (χ2n) is 11.7. The second kappa shape index (κ2) is 34.4. The van der Waals surface area contributed by atoms with Crippen LogP contribution in [-0.4, -0.2) is 68.2 Å². The fourth-order valence-corrected chi connectivity index (χ4v) is 5.31. The van der Waals surface area contributed by atoms with Gasteiger partial charge in [-0.1, -0.05) is 104 Å². The summed E-state index contributed by atoms with van der Waals surface area (Å²) >= 11 is 0. The Bertz CT molecular complexity index is 790. The van der Waals surface area contributed by atoms with Crippen molar-refractivity contribution in [1.29, 1.82) is 0 Å². The fraction of sp³-hybridized carbons (Fsp3) is 0.879. The zero-order valence-corrected chi connectivity index (χ0v) is 32.3. The number of phosphoric ester groups is 1. The minimum Gasteiger partial charge on any atom is -0.756 e. The molecule has 0 aromatic rings. The van der Waals surface area contributed by atoms with Gasteiger partial charge in [0.15, 0.2) is 6.10 Å². The van der Waals surface area contributed by atoms with Gasteiger partial charge in [0.2, 0.25) is 0 Å². The molecule has 266 valence electrons. The van der Waals surface area contributed by atoms with E-state index < -0.39 is 32.5 Å². The second-order valence-corrected chi connectivity index (χ2v) is 13.1. The Balaban J connectivity index is 0. The molecule has 2 atom stereocenters. The molecule has 0 spiro atoms. The van der Waals surface area contributed by atoms with E-state index in [4.69, 9.17) is 23.8 Å². The van der Waals surface area contributed by atoms with Crippen molar-refractivity contribution in [1.82, 2.24) is 4.90 Å². The number of hydrogen-bond donors (Lipinski definition) is 1. The van der Waals surface area contributed by atoms with Gasteiger partial charge >= 0.3 is 41.5 Å². The van der Waals surface area contributed by atoms with Crippen LogP contribution in [0, 0.1) is 0 Å². The molecule has 0 saturated heterocycles. The third-order valence-electron chi connectivity index (χ3n) is 7.55. The van der Waals surface area contributed by atoms with Crippen LogP contribution in [0.5, 0.6) is 0 Å². The Morgan fingerprint density at radius 2 is 1.30 bits per heavy atom. The molecule has 0 heterocycles. The Labute approximate surface area is 301 Å². The molecule has 1 N–H and O–H groups in total. The standard InChI is InChI=1S/C33H64NO10P.Na/c1-4-6-7-8-9-10-11-12-13-14-15-18-21-24-32(35)40-29-31(30-43-45(38,39)42-28-26-34(3)5-2)44-33(36)25-22-19-16-17-20-23-27-41-37;/h23,27,31,37H,4-22,24-26,28-30H2,1-3H3,(H,38,39);/q;+1/p-1/b27-23-;. The van der Waals surface area contributed by atoms with Crippen molar-refractivity contribution in [3.8, 4) is 0 Å². The number of likely N-dealkylation sites (N-methyl/N-ethyl adjacent to an activating group) is 1. The van der Waals surface area contributed by atoms with E-state index in [2.05, 4.69) is 11.8 Å². The molecule has 0 bridgehead atoms. The molecule has 0 aliphatic rings. The number of nitrogens with zero attached hydrogens (tertiary/aromatic N) is 1. The molecule has 46 heavy (non-hydrogen) atoms. The van der Waals surface area contributed by atoms with Gasteiger partial charge in [-0.15, -0.1) is 0 Å². The molecule has 0 rings (SSSR count). The van der Waals surface area contributed by atoms with Gasteiger partial charge in [0.1, 0.15) is 12.9 Å². The average molecular weight is 688 g/mol. The number of rotatable bonds is 33. The number of allylic oxidation sites excluding steroid dienone is 1. The number of hydrogen-bond acceptors (Lipinski definition) is 11. The van der Waals surface area contributed by atoms with E-state index >= 15 is 0 Å². The van der Waals surface area contributed by atoms with Gasteiger partial charge in [-0.2, -0.15) is 0 Å². The van der Waals surface area contributed by atoms with Gasteiger partial charge in [-0.25, -0.2) is 5.26 Å². The number of ether oxygens (including phenoxy) is 2. The third kappa shape index (κ3) is 33.4. The Hall–Kier alpha value is -0.490. The molecule has 0 aliphatic carbocycles. The summed E-state index contributed by atoms with van der Waals surface area (Å²) in [6, 6.07) is 0. The normalized spacial score (nSPS) is 13.3. The molecule has 2 unspecified atom stereocenters. The van der Waals surface area contributed by atoms with Crippen molar-refractivity contribution in [2.75, 3.05) is 40.0 Å². The van der Waals surface area contributed by atoms with Crippen molar-refractivity contribution in [3.05, 3.63) is 12.3 Å². The molecule has 0 amide bonds. The SMILES string of the molecule is CCCCCCCCCCCCCCCC(=O)OCC(COP(=O)([O-])OCCN(C)CC)OC(=O)CCCCCC/C=C\OO.[Na+]. The van der Waals surface area contributed by atoms with Gasteiger partial charge in [0.05, 0.1) is 13.2 Å². The van der Waals surface area contributed by atoms with E-state index in [-0.39, 0.29) is 55.6 Å².